The Morgan fingerprint density at radius 1 is 0.733 bits per heavy atom. The lowest BCUT2D eigenvalue weighted by atomic mass is 9.57. The number of hydrogen-bond donors (Lipinski definition) is 1. The SMILES string of the molecule is COc1cc(C=C[C@H]2C3=CC[C@@H]4C(=O)N(c5cc(C(F)(F)F)cc(C(F)(F)F)c5)C(=O)[C@@H]4[C@@H]3C[C@@]3(Cl)C(=O)N(c4c(F)c(F)c(F)c(F)c4F)C(=O)[C@@]23Cl)cc(OC)c1O. The number of nitrogens with zero attached hydrogens (tertiary/aromatic N) is 2. The standard InChI is InChI=1S/C38H23Cl2F11N2O7/c1-59-21-7-13(8-22(60-2)30(21)54)3-6-20-17-4-5-18-23(32(56)52(31(18)55)16-10-14(37(46,47)48)9-15(11-16)38(49,50)51)19(17)12-35(39)33(57)53(34(58)36(20,35)40)29-27(44)25(42)24(41)26(43)28(29)45/h3-4,6-11,18-20,23,54H,5,12H2,1-2H3/t18-,19+,20-,23-,35+,36-/m0/s1. The molecule has 1 saturated carbocycles. The molecule has 2 aliphatic carbocycles. The van der Waals surface area contributed by atoms with Crippen LogP contribution in [0.3, 0.4) is 0 Å². The molecule has 2 saturated heterocycles. The summed E-state index contributed by atoms with van der Waals surface area (Å²) in [7, 11) is 2.35. The van der Waals surface area contributed by atoms with Crippen molar-refractivity contribution in [2.75, 3.05) is 24.0 Å². The number of phenols is 1. The van der Waals surface area contributed by atoms with Gasteiger partial charge in [0.2, 0.25) is 23.4 Å². The lowest BCUT2D eigenvalue weighted by Crippen LogP contribution is -2.60. The quantitative estimate of drug-likeness (QED) is 0.0660. The minimum atomic E-state index is -5.39. The molecule has 0 radical (unpaired) electrons. The number of methoxy groups -OCH3 is 2. The number of benzene rings is 3. The molecule has 7 rings (SSSR count). The van der Waals surface area contributed by atoms with E-state index in [1.54, 1.807) is 0 Å². The summed E-state index contributed by atoms with van der Waals surface area (Å²) in [6.07, 6.45) is -8.70. The number of rotatable bonds is 6. The van der Waals surface area contributed by atoms with Crippen LogP contribution in [0.4, 0.5) is 59.7 Å². The van der Waals surface area contributed by atoms with Crippen LogP contribution in [-0.4, -0.2) is 52.7 Å². The minimum absolute atomic E-state index is 0.0834. The second-order valence-electron chi connectivity index (χ2n) is 14.1. The van der Waals surface area contributed by atoms with Crippen molar-refractivity contribution in [1.82, 2.24) is 0 Å². The lowest BCUT2D eigenvalue weighted by Gasteiger charge is -2.49. The molecule has 3 fully saturated rings. The number of halogens is 13. The molecule has 0 unspecified atom stereocenters. The first-order valence-corrected chi connectivity index (χ1v) is 17.9. The van der Waals surface area contributed by atoms with Crippen LogP contribution in [0.5, 0.6) is 17.2 Å². The Balaban J connectivity index is 1.41. The van der Waals surface area contributed by atoms with Crippen molar-refractivity contribution >= 4 is 64.3 Å². The predicted octanol–water partition coefficient (Wildman–Crippen LogP) is 8.46. The highest BCUT2D eigenvalue weighted by Crippen LogP contribution is 2.64. The molecule has 318 valence electrons. The minimum Gasteiger partial charge on any atom is -0.502 e. The summed E-state index contributed by atoms with van der Waals surface area (Å²) in [5, 5.41) is 10.4. The van der Waals surface area contributed by atoms with Crippen molar-refractivity contribution in [3.05, 3.63) is 93.8 Å². The number of allylic oxidation sites excluding steroid dienone is 3. The smallest absolute Gasteiger partial charge is 0.416 e. The Hall–Kier alpha value is -5.37. The third-order valence-corrected chi connectivity index (χ3v) is 12.5. The van der Waals surface area contributed by atoms with Gasteiger partial charge in [-0.05, 0) is 54.7 Å². The second kappa shape index (κ2) is 14.1. The van der Waals surface area contributed by atoms with Gasteiger partial charge in [-0.3, -0.25) is 19.2 Å². The molecule has 2 heterocycles. The van der Waals surface area contributed by atoms with Gasteiger partial charge in [-0.15, -0.1) is 23.2 Å². The molecule has 4 aliphatic rings. The average Bonchev–Trinajstić information content (AvgIpc) is 3.53. The summed E-state index contributed by atoms with van der Waals surface area (Å²) in [6, 6.07) is 2.54. The van der Waals surface area contributed by atoms with E-state index in [2.05, 4.69) is 0 Å². The van der Waals surface area contributed by atoms with Crippen molar-refractivity contribution in [1.29, 1.82) is 0 Å². The summed E-state index contributed by atoms with van der Waals surface area (Å²) in [5.41, 5.74) is -6.86. The number of carbonyl (C=O) groups is 4. The van der Waals surface area contributed by atoms with Crippen molar-refractivity contribution in [3.8, 4) is 17.2 Å². The molecule has 0 spiro atoms. The summed E-state index contributed by atoms with van der Waals surface area (Å²) in [6.45, 7) is 0. The maximum Gasteiger partial charge on any atom is 0.416 e. The fourth-order valence-corrected chi connectivity index (χ4v) is 9.24. The molecule has 2 aliphatic heterocycles. The van der Waals surface area contributed by atoms with Gasteiger partial charge in [-0.1, -0.05) is 23.8 Å². The Bertz CT molecular complexity index is 2410. The summed E-state index contributed by atoms with van der Waals surface area (Å²) < 4.78 is 167. The number of imide groups is 2. The van der Waals surface area contributed by atoms with Crippen LogP contribution >= 0.6 is 23.2 Å². The van der Waals surface area contributed by atoms with Crippen LogP contribution in [0.25, 0.3) is 6.08 Å². The van der Waals surface area contributed by atoms with Crippen LogP contribution in [0.2, 0.25) is 0 Å². The molecule has 3 aromatic carbocycles. The molecular formula is C38H23Cl2F11N2O7. The molecule has 3 aromatic rings. The van der Waals surface area contributed by atoms with E-state index in [4.69, 9.17) is 32.7 Å². The van der Waals surface area contributed by atoms with Gasteiger partial charge in [-0.25, -0.2) is 31.8 Å². The Morgan fingerprint density at radius 2 is 1.25 bits per heavy atom. The average molecular weight is 899 g/mol. The van der Waals surface area contributed by atoms with Crippen LogP contribution in [0.1, 0.15) is 29.5 Å². The first-order chi connectivity index (χ1) is 27.8. The van der Waals surface area contributed by atoms with Crippen molar-refractivity contribution in [2.45, 2.75) is 34.9 Å². The van der Waals surface area contributed by atoms with Crippen LogP contribution in [-0.2, 0) is 31.5 Å². The van der Waals surface area contributed by atoms with E-state index in [1.165, 1.54) is 38.5 Å². The van der Waals surface area contributed by atoms with E-state index in [-0.39, 0.29) is 45.7 Å². The van der Waals surface area contributed by atoms with Gasteiger partial charge in [0, 0.05) is 5.92 Å². The third-order valence-electron chi connectivity index (χ3n) is 11.1. The molecular weight excluding hydrogens is 876 g/mol. The molecule has 0 bridgehead atoms. The van der Waals surface area contributed by atoms with E-state index in [0.29, 0.717) is 0 Å². The van der Waals surface area contributed by atoms with Gasteiger partial charge >= 0.3 is 12.4 Å². The zero-order valence-electron chi connectivity index (χ0n) is 30.0. The summed E-state index contributed by atoms with van der Waals surface area (Å²) >= 11 is 14.0. The normalized spacial score (nSPS) is 26.8. The van der Waals surface area contributed by atoms with E-state index >= 15 is 8.78 Å². The number of aromatic hydroxyl groups is 1. The van der Waals surface area contributed by atoms with Gasteiger partial charge in [0.05, 0.1) is 42.9 Å². The zero-order valence-corrected chi connectivity index (χ0v) is 31.6. The van der Waals surface area contributed by atoms with Gasteiger partial charge in [0.25, 0.3) is 11.8 Å². The first kappa shape index (κ1) is 42.7. The number of alkyl halides is 8. The van der Waals surface area contributed by atoms with Gasteiger partial charge in [-0.2, -0.15) is 26.3 Å². The van der Waals surface area contributed by atoms with Crippen LogP contribution in [0.15, 0.2) is 48.1 Å². The first-order valence-electron chi connectivity index (χ1n) is 17.1. The van der Waals surface area contributed by atoms with Gasteiger partial charge < -0.3 is 14.6 Å². The van der Waals surface area contributed by atoms with E-state index < -0.39 is 144 Å². The van der Waals surface area contributed by atoms with E-state index in [0.717, 1.165) is 6.08 Å². The molecule has 4 amide bonds. The Morgan fingerprint density at radius 3 is 1.75 bits per heavy atom. The molecule has 6 atom stereocenters. The second-order valence-corrected chi connectivity index (χ2v) is 15.4. The maximum atomic E-state index is 15.3. The summed E-state index contributed by atoms with van der Waals surface area (Å²) in [4.78, 5) is 50.6. The van der Waals surface area contributed by atoms with Crippen molar-refractivity contribution < 1.29 is 82.1 Å². The lowest BCUT2D eigenvalue weighted by molar-refractivity contribution is -0.143. The third kappa shape index (κ3) is 6.02. The van der Waals surface area contributed by atoms with Crippen LogP contribution in [0, 0.1) is 52.8 Å². The number of phenolic OH excluding ortho intramolecular Hbond substituents is 1. The zero-order chi connectivity index (χ0) is 44.3. The maximum absolute atomic E-state index is 15.3. The number of amides is 4. The number of hydrogen-bond acceptors (Lipinski definition) is 7. The van der Waals surface area contributed by atoms with Crippen LogP contribution < -0.4 is 19.3 Å². The van der Waals surface area contributed by atoms with Crippen molar-refractivity contribution in [2.24, 2.45) is 23.7 Å². The van der Waals surface area contributed by atoms with Crippen molar-refractivity contribution in [3.63, 3.8) is 0 Å². The predicted molar refractivity (Wildman–Crippen MR) is 186 cm³/mol. The Labute approximate surface area is 339 Å². The molecule has 1 N–H and O–H groups in total. The Kier molecular flexibility index (Phi) is 10.0. The van der Waals surface area contributed by atoms with Gasteiger partial charge in [0.1, 0.15) is 5.69 Å². The van der Waals surface area contributed by atoms with E-state index in [9.17, 15) is 63.8 Å². The molecule has 0 aromatic heterocycles. The topological polar surface area (TPSA) is 113 Å². The molecule has 60 heavy (non-hydrogen) atoms. The van der Waals surface area contributed by atoms with Gasteiger partial charge in [0.15, 0.2) is 44.5 Å². The number of anilines is 2. The summed E-state index contributed by atoms with van der Waals surface area (Å²) in [5.74, 6) is -26.7. The largest absolute Gasteiger partial charge is 0.502 e. The number of fused-ring (bicyclic) bond motifs is 4. The fourth-order valence-electron chi connectivity index (χ4n) is 8.35. The molecule has 9 nitrogen and oxygen atoms in total. The van der Waals surface area contributed by atoms with E-state index in [1.807, 2.05) is 0 Å². The number of carbonyl (C=O) groups excluding carboxylic acids is 4. The highest BCUT2D eigenvalue weighted by Gasteiger charge is 2.76. The highest BCUT2D eigenvalue weighted by atomic mass is 35.5. The monoisotopic (exact) mass is 898 g/mol. The highest BCUT2D eigenvalue weighted by molar-refractivity contribution is 6.58. The fraction of sp³-hybridized carbons (Fsp3) is 0.316. The molecule has 22 heteroatoms. The number of ether oxygens (including phenoxy) is 2.